The highest BCUT2D eigenvalue weighted by Gasteiger charge is 2.20. The third-order valence-electron chi connectivity index (χ3n) is 4.27. The van der Waals surface area contributed by atoms with E-state index in [0.717, 1.165) is 0 Å². The fourth-order valence-electron chi connectivity index (χ4n) is 2.83. The molecule has 0 aliphatic rings. The predicted octanol–water partition coefficient (Wildman–Crippen LogP) is 3.76. The van der Waals surface area contributed by atoms with Crippen molar-refractivity contribution in [2.45, 2.75) is 6.92 Å². The van der Waals surface area contributed by atoms with Crippen LogP contribution < -0.4 is 18.9 Å². The molecule has 8 heteroatoms. The molecule has 0 unspecified atom stereocenters. The number of benzene rings is 2. The Morgan fingerprint density at radius 2 is 1.11 bits per heavy atom. The molecule has 0 amide bonds. The number of nitrogens with zero attached hydrogens (tertiary/aromatic N) is 1. The van der Waals surface area contributed by atoms with Crippen LogP contribution in [0.4, 0.5) is 0 Å². The Balaban J connectivity index is 2.13. The Morgan fingerprint density at radius 1 is 0.714 bits per heavy atom. The number of hydrogen-bond acceptors (Lipinski definition) is 8. The van der Waals surface area contributed by atoms with Crippen LogP contribution in [0.2, 0.25) is 0 Å². The smallest absolute Gasteiger partial charge is 0.227 e. The van der Waals surface area contributed by atoms with E-state index in [2.05, 4.69) is 4.98 Å². The van der Waals surface area contributed by atoms with Crippen molar-refractivity contribution in [3.63, 3.8) is 0 Å². The lowest BCUT2D eigenvalue weighted by Gasteiger charge is -2.10. The lowest BCUT2D eigenvalue weighted by molar-refractivity contribution is 0.340. The Hall–Kier alpha value is -3.55. The van der Waals surface area contributed by atoms with Crippen LogP contribution in [-0.4, -0.2) is 43.6 Å². The first kappa shape index (κ1) is 19.2. The zero-order valence-electron chi connectivity index (χ0n) is 16.2. The molecular formula is C20H21NO7. The number of aromatic nitrogens is 1. The minimum atomic E-state index is -0.106. The van der Waals surface area contributed by atoms with Crippen molar-refractivity contribution in [2.75, 3.05) is 28.4 Å². The second kappa shape index (κ2) is 7.59. The van der Waals surface area contributed by atoms with Gasteiger partial charge >= 0.3 is 0 Å². The molecule has 0 bridgehead atoms. The maximum absolute atomic E-state index is 10.1. The standard InChI is InChI=1S/C20H21NO7/c1-10-19(11-6-13(24-2)17(22)14(7-11)25-3)28-20(21-10)12-8-15(26-4)18(23)16(9-12)27-5/h6-9,22-23H,1-5H3. The minimum Gasteiger partial charge on any atom is -0.502 e. The Labute approximate surface area is 161 Å². The predicted molar refractivity (Wildman–Crippen MR) is 102 cm³/mol. The number of ether oxygens (including phenoxy) is 4. The van der Waals surface area contributed by atoms with Gasteiger partial charge in [0.25, 0.3) is 0 Å². The fourth-order valence-corrected chi connectivity index (χ4v) is 2.83. The van der Waals surface area contributed by atoms with E-state index in [-0.39, 0.29) is 34.5 Å². The van der Waals surface area contributed by atoms with Crippen LogP contribution in [0, 0.1) is 6.92 Å². The molecule has 0 saturated carbocycles. The van der Waals surface area contributed by atoms with E-state index in [1.165, 1.54) is 28.4 Å². The summed E-state index contributed by atoms with van der Waals surface area (Å²) in [5.74, 6) is 1.57. The minimum absolute atomic E-state index is 0.0980. The Bertz CT molecular complexity index is 960. The molecule has 0 aliphatic heterocycles. The van der Waals surface area contributed by atoms with Crippen LogP contribution in [-0.2, 0) is 0 Å². The van der Waals surface area contributed by atoms with E-state index in [1.54, 1.807) is 31.2 Å². The summed E-state index contributed by atoms with van der Waals surface area (Å²) in [6.07, 6.45) is 0. The number of phenols is 2. The van der Waals surface area contributed by atoms with E-state index in [4.69, 9.17) is 23.4 Å². The van der Waals surface area contributed by atoms with Crippen LogP contribution in [0.25, 0.3) is 22.8 Å². The molecular weight excluding hydrogens is 366 g/mol. The van der Waals surface area contributed by atoms with Gasteiger partial charge < -0.3 is 33.6 Å². The maximum Gasteiger partial charge on any atom is 0.227 e. The second-order valence-corrected chi connectivity index (χ2v) is 5.89. The van der Waals surface area contributed by atoms with Gasteiger partial charge in [0, 0.05) is 11.1 Å². The quantitative estimate of drug-likeness (QED) is 0.659. The lowest BCUT2D eigenvalue weighted by Crippen LogP contribution is -1.90. The molecule has 2 aromatic carbocycles. The van der Waals surface area contributed by atoms with Gasteiger partial charge in [0.15, 0.2) is 28.8 Å². The third kappa shape index (κ3) is 3.24. The van der Waals surface area contributed by atoms with Crippen LogP contribution in [0.15, 0.2) is 28.7 Å². The van der Waals surface area contributed by atoms with E-state index >= 15 is 0 Å². The SMILES string of the molecule is COc1cc(-c2nc(C)c(-c3cc(OC)c(O)c(OC)c3)o2)cc(OC)c1O. The van der Waals surface area contributed by atoms with E-state index in [1.807, 2.05) is 0 Å². The monoisotopic (exact) mass is 387 g/mol. The molecule has 0 saturated heterocycles. The molecule has 1 aromatic heterocycles. The van der Waals surface area contributed by atoms with Crippen LogP contribution in [0.3, 0.4) is 0 Å². The number of rotatable bonds is 6. The summed E-state index contributed by atoms with van der Waals surface area (Å²) in [5, 5.41) is 20.2. The van der Waals surface area contributed by atoms with Crippen molar-refractivity contribution in [1.82, 2.24) is 4.98 Å². The molecule has 0 atom stereocenters. The summed E-state index contributed by atoms with van der Waals surface area (Å²) in [6.45, 7) is 1.79. The van der Waals surface area contributed by atoms with Crippen molar-refractivity contribution in [2.24, 2.45) is 0 Å². The fraction of sp³-hybridized carbons (Fsp3) is 0.250. The molecule has 8 nitrogen and oxygen atoms in total. The first-order valence-electron chi connectivity index (χ1n) is 8.31. The number of methoxy groups -OCH3 is 4. The van der Waals surface area contributed by atoms with Gasteiger partial charge in [-0.3, -0.25) is 0 Å². The van der Waals surface area contributed by atoms with Crippen molar-refractivity contribution in [3.8, 4) is 57.3 Å². The summed E-state index contributed by atoms with van der Waals surface area (Å²) in [4.78, 5) is 4.47. The summed E-state index contributed by atoms with van der Waals surface area (Å²) in [7, 11) is 5.79. The van der Waals surface area contributed by atoms with E-state index in [0.29, 0.717) is 28.5 Å². The van der Waals surface area contributed by atoms with Crippen molar-refractivity contribution in [1.29, 1.82) is 0 Å². The molecule has 0 spiro atoms. The molecule has 3 rings (SSSR count). The highest BCUT2D eigenvalue weighted by atomic mass is 16.5. The van der Waals surface area contributed by atoms with E-state index in [9.17, 15) is 10.2 Å². The highest BCUT2D eigenvalue weighted by molar-refractivity contribution is 5.71. The maximum atomic E-state index is 10.1. The second-order valence-electron chi connectivity index (χ2n) is 5.89. The topological polar surface area (TPSA) is 103 Å². The number of oxazole rings is 1. The molecule has 0 fully saturated rings. The van der Waals surface area contributed by atoms with Gasteiger partial charge in [0.1, 0.15) is 0 Å². The number of aromatic hydroxyl groups is 2. The van der Waals surface area contributed by atoms with Crippen molar-refractivity contribution in [3.05, 3.63) is 30.0 Å². The summed E-state index contributed by atoms with van der Waals surface area (Å²) in [5.41, 5.74) is 1.81. The zero-order valence-corrected chi connectivity index (χ0v) is 16.2. The lowest BCUT2D eigenvalue weighted by atomic mass is 10.1. The van der Waals surface area contributed by atoms with Crippen LogP contribution >= 0.6 is 0 Å². The summed E-state index contributed by atoms with van der Waals surface area (Å²) < 4.78 is 26.7. The highest BCUT2D eigenvalue weighted by Crippen LogP contribution is 2.43. The van der Waals surface area contributed by atoms with Gasteiger partial charge in [-0.05, 0) is 31.2 Å². The Kier molecular flexibility index (Phi) is 5.21. The van der Waals surface area contributed by atoms with Gasteiger partial charge in [-0.2, -0.15) is 0 Å². The molecule has 0 radical (unpaired) electrons. The first-order valence-corrected chi connectivity index (χ1v) is 8.31. The Morgan fingerprint density at radius 3 is 1.50 bits per heavy atom. The van der Waals surface area contributed by atoms with Gasteiger partial charge in [-0.15, -0.1) is 0 Å². The number of phenolic OH excluding ortho intramolecular Hbond substituents is 2. The molecule has 2 N–H and O–H groups in total. The van der Waals surface area contributed by atoms with Crippen molar-refractivity contribution >= 4 is 0 Å². The van der Waals surface area contributed by atoms with Crippen LogP contribution in [0.1, 0.15) is 5.69 Å². The number of aryl methyl sites for hydroxylation is 1. The van der Waals surface area contributed by atoms with E-state index < -0.39 is 0 Å². The van der Waals surface area contributed by atoms with Gasteiger partial charge in [0.2, 0.25) is 17.4 Å². The number of hydrogen-bond donors (Lipinski definition) is 2. The largest absolute Gasteiger partial charge is 0.502 e. The van der Waals surface area contributed by atoms with Crippen molar-refractivity contribution < 1.29 is 33.6 Å². The van der Waals surface area contributed by atoms with Gasteiger partial charge in [-0.25, -0.2) is 4.98 Å². The van der Waals surface area contributed by atoms with Gasteiger partial charge in [-0.1, -0.05) is 0 Å². The zero-order chi connectivity index (χ0) is 20.4. The van der Waals surface area contributed by atoms with Crippen LogP contribution in [0.5, 0.6) is 34.5 Å². The molecule has 1 heterocycles. The summed E-state index contributed by atoms with van der Waals surface area (Å²) in [6, 6.07) is 6.47. The average molecular weight is 387 g/mol. The average Bonchev–Trinajstić information content (AvgIpc) is 3.10. The third-order valence-corrected chi connectivity index (χ3v) is 4.27. The molecule has 28 heavy (non-hydrogen) atoms. The summed E-state index contributed by atoms with van der Waals surface area (Å²) >= 11 is 0. The molecule has 0 aliphatic carbocycles. The van der Waals surface area contributed by atoms with Gasteiger partial charge in [0.05, 0.1) is 34.1 Å². The normalized spacial score (nSPS) is 10.6. The molecule has 3 aromatic rings. The first-order chi connectivity index (χ1) is 13.4. The molecule has 148 valence electrons.